The second kappa shape index (κ2) is 9.61. The van der Waals surface area contributed by atoms with Crippen molar-refractivity contribution in [3.63, 3.8) is 0 Å². The van der Waals surface area contributed by atoms with Crippen LogP contribution in [0.15, 0.2) is 27.4 Å². The van der Waals surface area contributed by atoms with Crippen molar-refractivity contribution in [3.8, 4) is 5.75 Å². The Morgan fingerprint density at radius 1 is 0.792 bits per heavy atom. The van der Waals surface area contributed by atoms with Gasteiger partial charge in [-0.05, 0) is 72.6 Å². The van der Waals surface area contributed by atoms with Crippen LogP contribution in [0.1, 0.15) is 98.5 Å². The number of rotatable bonds is 6. The van der Waals surface area contributed by atoms with Gasteiger partial charge in [0.05, 0.1) is 28.3 Å². The summed E-state index contributed by atoms with van der Waals surface area (Å²) in [4.78, 5) is 68.4. The summed E-state index contributed by atoms with van der Waals surface area (Å²) in [6, 6.07) is 4.55. The summed E-state index contributed by atoms with van der Waals surface area (Å²) in [7, 11) is 1.71. The lowest BCUT2D eigenvalue weighted by Gasteiger charge is -2.45. The normalized spacial score (nSPS) is 36.3. The van der Waals surface area contributed by atoms with Gasteiger partial charge in [0.2, 0.25) is 11.2 Å². The molecule has 1 N–H and O–H groups in total. The van der Waals surface area contributed by atoms with Crippen LogP contribution in [0, 0.1) is 21.7 Å². The van der Waals surface area contributed by atoms with Crippen molar-refractivity contribution < 1.29 is 47.3 Å². The molecule has 2 aliphatic carbocycles. The molecule has 2 saturated carbocycles. The fourth-order valence-electron chi connectivity index (χ4n) is 8.90. The maximum absolute atomic E-state index is 14.5. The third-order valence-electron chi connectivity index (χ3n) is 13.2. The quantitative estimate of drug-likeness (QED) is 0.343. The molecule has 2 unspecified atom stereocenters. The summed E-state index contributed by atoms with van der Waals surface area (Å²) in [6.45, 7) is 14.5. The van der Waals surface area contributed by atoms with E-state index < -0.39 is 74.5 Å². The zero-order valence-corrected chi connectivity index (χ0v) is 28.9. The minimum Gasteiger partial charge on any atom is -0.483 e. The smallest absolute Gasteiger partial charge is 0.351 e. The Kier molecular flexibility index (Phi) is 6.53. The highest BCUT2D eigenvalue weighted by molar-refractivity contribution is 5.95. The summed E-state index contributed by atoms with van der Waals surface area (Å²) < 4.78 is 37.2. The highest BCUT2D eigenvalue weighted by Gasteiger charge is 2.78. The van der Waals surface area contributed by atoms with E-state index in [1.54, 1.807) is 46.9 Å². The second-order valence-electron chi connectivity index (χ2n) is 16.2. The number of carbonyl (C=O) groups is 4. The number of fused-ring (bicyclic) bond motifs is 7. The highest BCUT2D eigenvalue weighted by Crippen LogP contribution is 2.67. The molecular weight excluding hydrogens is 622 g/mol. The standard InChI is InChI=1S/C36H43NO11/c1-30(2)25(45-29(42)36-15-13-34(8,27(40)48-36)32(36,5)6)24(44-28(41)35-14-12-33(7,26(39)47-35)31(35,3)4)22-21(46-30)11-10-19-20(38)16-18(17-37-9)43-23(19)22/h10-11,16,24-25,37H,12-15,17H2,1-9H3/t24-,25-,33+,34-,35?,36?/m1/s1. The molecule has 12 heteroatoms. The number of esters is 4. The molecule has 48 heavy (non-hydrogen) atoms. The minimum atomic E-state index is -1.60. The topological polar surface area (TPSA) is 157 Å². The summed E-state index contributed by atoms with van der Waals surface area (Å²) in [5, 5.41) is 3.18. The Morgan fingerprint density at radius 2 is 1.33 bits per heavy atom. The lowest BCUT2D eigenvalue weighted by atomic mass is 9.66. The Hall–Kier alpha value is -3.93. The number of benzene rings is 1. The van der Waals surface area contributed by atoms with Gasteiger partial charge in [0.1, 0.15) is 22.7 Å². The SMILES string of the molecule is CNCc1cc(=O)c2ccc3c(c2o1)[C@@H](OC(=O)C12CC[C@@](C)(C(=O)O1)C2(C)C)[C@@H](OC(=O)C12CC[C@](C)(C(=O)O1)C2(C)C)C(C)(C)O3. The molecule has 2 aromatic rings. The molecule has 4 bridgehead atoms. The molecule has 5 aliphatic rings. The van der Waals surface area contributed by atoms with E-state index in [0.717, 1.165) is 0 Å². The average molecular weight is 666 g/mol. The number of carbonyl (C=O) groups excluding carboxylic acids is 4. The predicted molar refractivity (Wildman–Crippen MR) is 169 cm³/mol. The van der Waals surface area contributed by atoms with Gasteiger partial charge in [-0.15, -0.1) is 0 Å². The Labute approximate surface area is 278 Å². The third kappa shape index (κ3) is 3.67. The zero-order chi connectivity index (χ0) is 35.0. The molecule has 0 amide bonds. The Balaban J connectivity index is 1.38. The van der Waals surface area contributed by atoms with Crippen molar-refractivity contribution in [1.82, 2.24) is 5.32 Å². The van der Waals surface area contributed by atoms with E-state index in [0.29, 0.717) is 18.6 Å². The maximum Gasteiger partial charge on any atom is 0.351 e. The summed E-state index contributed by atoms with van der Waals surface area (Å²) in [5.41, 5.74) is -8.14. The monoisotopic (exact) mass is 665 g/mol. The third-order valence-corrected chi connectivity index (χ3v) is 13.2. The van der Waals surface area contributed by atoms with Gasteiger partial charge in [-0.25, -0.2) is 9.59 Å². The molecule has 0 radical (unpaired) electrons. The van der Waals surface area contributed by atoms with Gasteiger partial charge >= 0.3 is 23.9 Å². The number of hydrogen-bond donors (Lipinski definition) is 1. The zero-order valence-electron chi connectivity index (χ0n) is 28.9. The van der Waals surface area contributed by atoms with Crippen molar-refractivity contribution in [1.29, 1.82) is 0 Å². The predicted octanol–water partition coefficient (Wildman–Crippen LogP) is 4.42. The van der Waals surface area contributed by atoms with E-state index in [2.05, 4.69) is 5.32 Å². The van der Waals surface area contributed by atoms with E-state index in [1.165, 1.54) is 6.07 Å². The first-order valence-electron chi connectivity index (χ1n) is 16.6. The summed E-state index contributed by atoms with van der Waals surface area (Å²) in [5.74, 6) is -1.95. The van der Waals surface area contributed by atoms with Gasteiger partial charge in [0.25, 0.3) is 0 Å². The molecular formula is C36H43NO11. The van der Waals surface area contributed by atoms with Gasteiger partial charge in [0.15, 0.2) is 17.6 Å². The molecule has 2 saturated heterocycles. The van der Waals surface area contributed by atoms with E-state index in [4.69, 9.17) is 28.1 Å². The molecule has 0 spiro atoms. The van der Waals surface area contributed by atoms with Crippen LogP contribution in [-0.2, 0) is 44.7 Å². The fraction of sp³-hybridized carbons (Fsp3) is 0.639. The van der Waals surface area contributed by atoms with Crippen LogP contribution in [0.25, 0.3) is 11.0 Å². The number of hydrogen-bond acceptors (Lipinski definition) is 12. The molecule has 4 fully saturated rings. The molecule has 3 aliphatic heterocycles. The van der Waals surface area contributed by atoms with Gasteiger partial charge in [-0.3, -0.25) is 14.4 Å². The number of ether oxygens (including phenoxy) is 5. The summed E-state index contributed by atoms with van der Waals surface area (Å²) in [6.07, 6.45) is -1.33. The highest BCUT2D eigenvalue weighted by atomic mass is 16.7. The van der Waals surface area contributed by atoms with Crippen LogP contribution in [0.4, 0.5) is 0 Å². The molecule has 4 heterocycles. The van der Waals surface area contributed by atoms with Crippen LogP contribution in [0.2, 0.25) is 0 Å². The van der Waals surface area contributed by atoms with Crippen LogP contribution >= 0.6 is 0 Å². The Morgan fingerprint density at radius 3 is 1.81 bits per heavy atom. The van der Waals surface area contributed by atoms with E-state index >= 15 is 0 Å². The lowest BCUT2D eigenvalue weighted by molar-refractivity contribution is -0.217. The van der Waals surface area contributed by atoms with E-state index in [9.17, 15) is 24.0 Å². The molecule has 6 atom stereocenters. The van der Waals surface area contributed by atoms with Crippen molar-refractivity contribution >= 4 is 34.8 Å². The van der Waals surface area contributed by atoms with Gasteiger partial charge in [-0.1, -0.05) is 27.7 Å². The average Bonchev–Trinajstić information content (AvgIpc) is 3.46. The van der Waals surface area contributed by atoms with Crippen molar-refractivity contribution in [2.24, 2.45) is 21.7 Å². The lowest BCUT2D eigenvalue weighted by Crippen LogP contribution is -2.57. The van der Waals surface area contributed by atoms with Crippen LogP contribution in [0.3, 0.4) is 0 Å². The second-order valence-corrected chi connectivity index (χ2v) is 16.2. The molecule has 1 aromatic heterocycles. The van der Waals surface area contributed by atoms with Crippen LogP contribution in [-0.4, -0.2) is 53.8 Å². The first-order chi connectivity index (χ1) is 22.2. The minimum absolute atomic E-state index is 0.107. The first-order valence-corrected chi connectivity index (χ1v) is 16.6. The number of nitrogens with one attached hydrogen (secondary N) is 1. The molecule has 7 rings (SSSR count). The summed E-state index contributed by atoms with van der Waals surface area (Å²) >= 11 is 0. The molecule has 1 aromatic carbocycles. The van der Waals surface area contributed by atoms with Gasteiger partial charge in [-0.2, -0.15) is 0 Å². The molecule has 12 nitrogen and oxygen atoms in total. The fourth-order valence-corrected chi connectivity index (χ4v) is 8.90. The largest absolute Gasteiger partial charge is 0.483 e. The Bertz CT molecular complexity index is 1870. The van der Waals surface area contributed by atoms with E-state index in [-0.39, 0.29) is 47.1 Å². The van der Waals surface area contributed by atoms with E-state index in [1.807, 2.05) is 27.7 Å². The maximum atomic E-state index is 14.5. The van der Waals surface area contributed by atoms with Crippen LogP contribution < -0.4 is 15.5 Å². The molecule has 258 valence electrons. The van der Waals surface area contributed by atoms with Crippen LogP contribution in [0.5, 0.6) is 5.75 Å². The van der Waals surface area contributed by atoms with Crippen molar-refractivity contribution in [2.75, 3.05) is 7.05 Å². The van der Waals surface area contributed by atoms with Crippen molar-refractivity contribution in [3.05, 3.63) is 39.7 Å². The van der Waals surface area contributed by atoms with Gasteiger partial charge in [0, 0.05) is 16.9 Å². The van der Waals surface area contributed by atoms with Gasteiger partial charge < -0.3 is 33.4 Å². The van der Waals surface area contributed by atoms with Crippen molar-refractivity contribution in [2.45, 2.75) is 117 Å². The first kappa shape index (κ1) is 32.6.